The number of anilines is 2. The number of thiocarbonyl (C=S) groups is 1. The third-order valence-electron chi connectivity index (χ3n) is 2.86. The molecule has 0 atom stereocenters. The van der Waals surface area contributed by atoms with Gasteiger partial charge in [-0.3, -0.25) is 0 Å². The molecule has 0 amide bonds. The van der Waals surface area contributed by atoms with E-state index >= 15 is 0 Å². The van der Waals surface area contributed by atoms with Crippen LogP contribution in [0.2, 0.25) is 0 Å². The zero-order valence-corrected chi connectivity index (χ0v) is 13.5. The van der Waals surface area contributed by atoms with Gasteiger partial charge in [0.25, 0.3) is 0 Å². The molecule has 20 heavy (non-hydrogen) atoms. The van der Waals surface area contributed by atoms with Gasteiger partial charge in [0.2, 0.25) is 0 Å². The molecule has 6 heteroatoms. The van der Waals surface area contributed by atoms with Gasteiger partial charge in [0.1, 0.15) is 4.99 Å². The highest BCUT2D eigenvalue weighted by Crippen LogP contribution is 2.27. The molecule has 0 bridgehead atoms. The van der Waals surface area contributed by atoms with Gasteiger partial charge in [-0.2, -0.15) is 0 Å². The molecule has 1 heterocycles. The van der Waals surface area contributed by atoms with E-state index in [1.54, 1.807) is 11.3 Å². The SMILES string of the molecule is NC(=S)c1cc(Br)ccc1Nc1ccc2ncsc2c1. The molecule has 0 spiro atoms. The van der Waals surface area contributed by atoms with E-state index in [2.05, 4.69) is 32.3 Å². The molecule has 100 valence electrons. The molecule has 2 aromatic carbocycles. The lowest BCUT2D eigenvalue weighted by molar-refractivity contribution is 1.49. The second-order valence-corrected chi connectivity index (χ2v) is 6.46. The van der Waals surface area contributed by atoms with Crippen molar-refractivity contribution in [1.82, 2.24) is 4.98 Å². The molecule has 0 saturated heterocycles. The minimum atomic E-state index is 0.368. The van der Waals surface area contributed by atoms with Crippen molar-refractivity contribution >= 4 is 66.1 Å². The molecule has 3 rings (SSSR count). The summed E-state index contributed by atoms with van der Waals surface area (Å²) >= 11 is 10.1. The lowest BCUT2D eigenvalue weighted by atomic mass is 10.1. The van der Waals surface area contributed by atoms with Crippen molar-refractivity contribution < 1.29 is 0 Å². The van der Waals surface area contributed by atoms with Crippen LogP contribution >= 0.6 is 39.5 Å². The first-order valence-electron chi connectivity index (χ1n) is 5.83. The van der Waals surface area contributed by atoms with Crippen LogP contribution < -0.4 is 11.1 Å². The monoisotopic (exact) mass is 363 g/mol. The summed E-state index contributed by atoms with van der Waals surface area (Å²) in [6.45, 7) is 0. The number of aromatic nitrogens is 1. The Kier molecular flexibility index (Phi) is 3.69. The molecule has 0 aliphatic carbocycles. The molecule has 0 aliphatic heterocycles. The first-order chi connectivity index (χ1) is 9.63. The summed E-state index contributed by atoms with van der Waals surface area (Å²) in [4.78, 5) is 4.64. The Balaban J connectivity index is 1.99. The van der Waals surface area contributed by atoms with Gasteiger partial charge in [-0.05, 0) is 36.4 Å². The van der Waals surface area contributed by atoms with Crippen LogP contribution in [0.3, 0.4) is 0 Å². The van der Waals surface area contributed by atoms with Crippen molar-refractivity contribution in [3.63, 3.8) is 0 Å². The van der Waals surface area contributed by atoms with Crippen molar-refractivity contribution in [2.45, 2.75) is 0 Å². The van der Waals surface area contributed by atoms with Crippen LogP contribution in [0.15, 0.2) is 46.4 Å². The highest BCUT2D eigenvalue weighted by molar-refractivity contribution is 9.10. The Bertz CT molecular complexity index is 798. The number of nitrogens with one attached hydrogen (secondary N) is 1. The van der Waals surface area contributed by atoms with Gasteiger partial charge in [-0.1, -0.05) is 28.1 Å². The summed E-state index contributed by atoms with van der Waals surface area (Å²) in [5.74, 6) is 0. The van der Waals surface area contributed by atoms with Crippen molar-refractivity contribution in [2.24, 2.45) is 5.73 Å². The van der Waals surface area contributed by atoms with E-state index in [1.165, 1.54) is 0 Å². The van der Waals surface area contributed by atoms with Crippen LogP contribution in [0.5, 0.6) is 0 Å². The van der Waals surface area contributed by atoms with Gasteiger partial charge in [-0.15, -0.1) is 11.3 Å². The van der Waals surface area contributed by atoms with Crippen molar-refractivity contribution in [2.75, 3.05) is 5.32 Å². The van der Waals surface area contributed by atoms with Crippen molar-refractivity contribution in [1.29, 1.82) is 0 Å². The maximum atomic E-state index is 5.77. The fraction of sp³-hybridized carbons (Fsp3) is 0. The second kappa shape index (κ2) is 5.47. The van der Waals surface area contributed by atoms with Crippen LogP contribution in [0.4, 0.5) is 11.4 Å². The van der Waals surface area contributed by atoms with E-state index in [0.29, 0.717) is 4.99 Å². The standard InChI is InChI=1S/C14H10BrN3S2/c15-8-1-3-11(10(5-8)14(16)19)18-9-2-4-12-13(6-9)20-7-17-12/h1-7,18H,(H2,16,19). The molecule has 0 unspecified atom stereocenters. The number of benzene rings is 2. The normalized spacial score (nSPS) is 10.7. The highest BCUT2D eigenvalue weighted by Gasteiger charge is 2.07. The zero-order chi connectivity index (χ0) is 14.1. The van der Waals surface area contributed by atoms with Crippen molar-refractivity contribution in [3.05, 3.63) is 51.9 Å². The Hall–Kier alpha value is -1.50. The van der Waals surface area contributed by atoms with Gasteiger partial charge in [0.05, 0.1) is 15.7 Å². The van der Waals surface area contributed by atoms with E-state index in [-0.39, 0.29) is 0 Å². The van der Waals surface area contributed by atoms with E-state index in [1.807, 2.05) is 35.8 Å². The minimum Gasteiger partial charge on any atom is -0.389 e. The number of fused-ring (bicyclic) bond motifs is 1. The molecule has 3 N–H and O–H groups in total. The van der Waals surface area contributed by atoms with Crippen LogP contribution in [-0.4, -0.2) is 9.97 Å². The van der Waals surface area contributed by atoms with Gasteiger partial charge < -0.3 is 11.1 Å². The summed E-state index contributed by atoms with van der Waals surface area (Å²) in [5, 5.41) is 3.35. The fourth-order valence-electron chi connectivity index (χ4n) is 1.92. The average Bonchev–Trinajstić information content (AvgIpc) is 2.88. The maximum absolute atomic E-state index is 5.77. The molecule has 0 aliphatic rings. The van der Waals surface area contributed by atoms with Crippen LogP contribution in [0.25, 0.3) is 10.2 Å². The first kappa shape index (κ1) is 13.5. The number of hydrogen-bond acceptors (Lipinski definition) is 4. The lowest BCUT2D eigenvalue weighted by Gasteiger charge is -2.11. The quantitative estimate of drug-likeness (QED) is 0.675. The molecule has 0 fully saturated rings. The maximum Gasteiger partial charge on any atom is 0.106 e. The summed E-state index contributed by atoms with van der Waals surface area (Å²) < 4.78 is 2.09. The molecule has 1 aromatic heterocycles. The summed E-state index contributed by atoms with van der Waals surface area (Å²) in [7, 11) is 0. The van der Waals surface area contributed by atoms with Crippen LogP contribution in [0.1, 0.15) is 5.56 Å². The predicted octanol–water partition coefficient (Wildman–Crippen LogP) is 4.44. The largest absolute Gasteiger partial charge is 0.389 e. The van der Waals surface area contributed by atoms with E-state index in [9.17, 15) is 0 Å². The van der Waals surface area contributed by atoms with Crippen molar-refractivity contribution in [3.8, 4) is 0 Å². The Morgan fingerprint density at radius 3 is 2.90 bits per heavy atom. The van der Waals surface area contributed by atoms with Gasteiger partial charge in [0.15, 0.2) is 0 Å². The Morgan fingerprint density at radius 2 is 2.10 bits per heavy atom. The molecular formula is C14H10BrN3S2. The highest BCUT2D eigenvalue weighted by atomic mass is 79.9. The molecule has 0 radical (unpaired) electrons. The lowest BCUT2D eigenvalue weighted by Crippen LogP contribution is -2.11. The van der Waals surface area contributed by atoms with Gasteiger partial charge >= 0.3 is 0 Å². The van der Waals surface area contributed by atoms with Crippen LogP contribution in [0, 0.1) is 0 Å². The van der Waals surface area contributed by atoms with E-state index in [4.69, 9.17) is 18.0 Å². The number of thiazole rings is 1. The minimum absolute atomic E-state index is 0.368. The van der Waals surface area contributed by atoms with E-state index in [0.717, 1.165) is 31.6 Å². The van der Waals surface area contributed by atoms with Crippen LogP contribution in [-0.2, 0) is 0 Å². The molecule has 0 saturated carbocycles. The summed E-state index contributed by atoms with van der Waals surface area (Å²) in [6, 6.07) is 11.9. The number of nitrogens with two attached hydrogens (primary N) is 1. The summed E-state index contributed by atoms with van der Waals surface area (Å²) in [5.41, 5.74) is 11.3. The predicted molar refractivity (Wildman–Crippen MR) is 92.9 cm³/mol. The number of nitrogens with zero attached hydrogens (tertiary/aromatic N) is 1. The average molecular weight is 364 g/mol. The fourth-order valence-corrected chi connectivity index (χ4v) is 3.16. The Morgan fingerprint density at radius 1 is 1.25 bits per heavy atom. The number of rotatable bonds is 3. The van der Waals surface area contributed by atoms with Gasteiger partial charge in [0, 0.05) is 21.4 Å². The number of halogens is 1. The second-order valence-electron chi connectivity index (χ2n) is 4.21. The number of hydrogen-bond donors (Lipinski definition) is 2. The van der Waals surface area contributed by atoms with E-state index < -0.39 is 0 Å². The third-order valence-corrected chi connectivity index (χ3v) is 4.36. The molecule has 3 nitrogen and oxygen atoms in total. The molecular weight excluding hydrogens is 354 g/mol. The zero-order valence-electron chi connectivity index (χ0n) is 10.3. The topological polar surface area (TPSA) is 50.9 Å². The third kappa shape index (κ3) is 2.67. The molecule has 3 aromatic rings. The van der Waals surface area contributed by atoms with Gasteiger partial charge in [-0.25, -0.2) is 4.98 Å². The Labute approximate surface area is 134 Å². The first-order valence-corrected chi connectivity index (χ1v) is 7.91. The smallest absolute Gasteiger partial charge is 0.106 e. The summed E-state index contributed by atoms with van der Waals surface area (Å²) in [6.07, 6.45) is 0.